The van der Waals surface area contributed by atoms with Gasteiger partial charge in [-0.3, -0.25) is 19.2 Å². The van der Waals surface area contributed by atoms with Crippen molar-refractivity contribution in [2.75, 3.05) is 6.61 Å². The Labute approximate surface area is 275 Å². The van der Waals surface area contributed by atoms with E-state index in [-0.39, 0.29) is 36.7 Å². The summed E-state index contributed by atoms with van der Waals surface area (Å²) in [4.78, 5) is 66.1. The summed E-state index contributed by atoms with van der Waals surface area (Å²) in [5.41, 5.74) is -3.92. The van der Waals surface area contributed by atoms with E-state index in [0.29, 0.717) is 12.0 Å². The number of fused-ring (bicyclic) bond motifs is 2. The average molecular weight is 655 g/mol. The SMILES string of the molecule is CCC(=O)O[C@@H]1[C@@H]2[C@@H](OC(C)=O)[C@@]34CO[C@@](C)([C@H](OC(C)=O)[C@@]2(OC(C)=O)C[C@@H]1C)[C@@H]3[C@@H]1[C@H](C[C@H]4OC(=O)c2ccccc2)C1(C)C. The second kappa shape index (κ2) is 11.3. The van der Waals surface area contributed by atoms with Crippen LogP contribution < -0.4 is 0 Å². The number of esters is 5. The standard InChI is InChI=1S/C36H46O11/c1-9-25(40)46-28-18(2)16-36(47-21(5)39)27(28)30(43-19(3)37)35-17-42-34(8,32(36)44-20(4)38)29(35)26-23(33(26,6)7)15-24(35)45-31(41)22-13-11-10-12-14-22/h10-14,18,23-24,26-30,32H,9,15-17H2,1-8H3/t18-,23-,24+,26-,27+,28-,29-,30+,32-,34+,35+,36+/m0/s1. The minimum atomic E-state index is -1.61. The third-order valence-electron chi connectivity index (χ3n) is 12.1. The summed E-state index contributed by atoms with van der Waals surface area (Å²) < 4.78 is 38.4. The zero-order valence-electron chi connectivity index (χ0n) is 28.4. The van der Waals surface area contributed by atoms with Gasteiger partial charge in [0, 0.05) is 33.1 Å². The highest BCUT2D eigenvalue weighted by molar-refractivity contribution is 5.89. The van der Waals surface area contributed by atoms with Gasteiger partial charge in [0.15, 0.2) is 11.7 Å². The molecule has 256 valence electrons. The predicted molar refractivity (Wildman–Crippen MR) is 164 cm³/mol. The Morgan fingerprint density at radius 1 is 0.872 bits per heavy atom. The van der Waals surface area contributed by atoms with Crippen LogP contribution in [0.25, 0.3) is 0 Å². The molecule has 0 unspecified atom stereocenters. The molecule has 4 aliphatic carbocycles. The van der Waals surface area contributed by atoms with Crippen molar-refractivity contribution >= 4 is 29.8 Å². The molecular formula is C36H46O11. The topological polar surface area (TPSA) is 141 Å². The fraction of sp³-hybridized carbons (Fsp3) is 0.694. The first-order valence-electron chi connectivity index (χ1n) is 16.7. The molecule has 1 aliphatic heterocycles. The smallest absolute Gasteiger partial charge is 0.338 e. The number of hydrogen-bond donors (Lipinski definition) is 0. The van der Waals surface area contributed by atoms with E-state index in [4.69, 9.17) is 28.4 Å². The van der Waals surface area contributed by atoms with Gasteiger partial charge in [-0.2, -0.15) is 0 Å². The summed E-state index contributed by atoms with van der Waals surface area (Å²) in [7, 11) is 0. The minimum Gasteiger partial charge on any atom is -0.461 e. The third kappa shape index (κ3) is 4.89. The zero-order chi connectivity index (χ0) is 34.3. The normalized spacial score (nSPS) is 42.0. The Morgan fingerprint density at radius 2 is 1.53 bits per heavy atom. The van der Waals surface area contributed by atoms with Gasteiger partial charge < -0.3 is 28.4 Å². The molecule has 4 saturated carbocycles. The maximum Gasteiger partial charge on any atom is 0.338 e. The van der Waals surface area contributed by atoms with E-state index in [9.17, 15) is 24.0 Å². The van der Waals surface area contributed by atoms with Gasteiger partial charge in [0.05, 0.1) is 23.5 Å². The van der Waals surface area contributed by atoms with E-state index in [1.54, 1.807) is 31.2 Å². The first kappa shape index (κ1) is 33.4. The van der Waals surface area contributed by atoms with Gasteiger partial charge >= 0.3 is 29.8 Å². The third-order valence-corrected chi connectivity index (χ3v) is 12.1. The van der Waals surface area contributed by atoms with Crippen LogP contribution >= 0.6 is 0 Å². The largest absolute Gasteiger partial charge is 0.461 e. The molecule has 1 aromatic carbocycles. The van der Waals surface area contributed by atoms with Crippen LogP contribution in [0.1, 0.15) is 85.0 Å². The number of benzene rings is 1. The van der Waals surface area contributed by atoms with E-state index >= 15 is 0 Å². The highest BCUT2D eigenvalue weighted by atomic mass is 16.6. The molecule has 1 aromatic rings. The fourth-order valence-corrected chi connectivity index (χ4v) is 10.5. The zero-order valence-corrected chi connectivity index (χ0v) is 28.4. The van der Waals surface area contributed by atoms with Crippen molar-refractivity contribution in [2.45, 2.75) is 110 Å². The second-order valence-corrected chi connectivity index (χ2v) is 15.1. The van der Waals surface area contributed by atoms with Crippen molar-refractivity contribution in [2.24, 2.45) is 40.4 Å². The van der Waals surface area contributed by atoms with Gasteiger partial charge in [-0.05, 0) is 55.1 Å². The van der Waals surface area contributed by atoms with Crippen molar-refractivity contribution in [3.8, 4) is 0 Å². The molecule has 0 N–H and O–H groups in total. The number of hydrogen-bond acceptors (Lipinski definition) is 11. The monoisotopic (exact) mass is 654 g/mol. The highest BCUT2D eigenvalue weighted by Crippen LogP contribution is 2.79. The van der Waals surface area contributed by atoms with E-state index in [2.05, 4.69) is 13.8 Å². The predicted octanol–water partition coefficient (Wildman–Crippen LogP) is 4.44. The molecule has 5 fully saturated rings. The molecule has 47 heavy (non-hydrogen) atoms. The molecular weight excluding hydrogens is 608 g/mol. The molecule has 1 saturated heterocycles. The highest BCUT2D eigenvalue weighted by Gasteiger charge is 2.86. The number of carbonyl (C=O) groups is 5. The Bertz CT molecular complexity index is 1470. The summed E-state index contributed by atoms with van der Waals surface area (Å²) in [6.07, 6.45) is -3.27. The lowest BCUT2D eigenvalue weighted by Crippen LogP contribution is -2.64. The van der Waals surface area contributed by atoms with Crippen molar-refractivity contribution in [3.05, 3.63) is 35.9 Å². The minimum absolute atomic E-state index is 0.0000591. The lowest BCUT2D eigenvalue weighted by molar-refractivity contribution is -0.247. The molecule has 0 radical (unpaired) electrons. The molecule has 1 heterocycles. The Hall–Kier alpha value is -3.47. The van der Waals surface area contributed by atoms with E-state index < -0.39 is 88.6 Å². The van der Waals surface area contributed by atoms with Crippen molar-refractivity contribution < 1.29 is 52.4 Å². The van der Waals surface area contributed by atoms with Gasteiger partial charge in [-0.1, -0.05) is 45.9 Å². The molecule has 5 aliphatic rings. The summed E-state index contributed by atoms with van der Waals surface area (Å²) >= 11 is 0. The molecule has 12 atom stereocenters. The van der Waals surface area contributed by atoms with Crippen LogP contribution in [0.5, 0.6) is 0 Å². The quantitative estimate of drug-likeness (QED) is 0.305. The van der Waals surface area contributed by atoms with Crippen molar-refractivity contribution in [1.29, 1.82) is 0 Å². The lowest BCUT2D eigenvalue weighted by atomic mass is 9.57. The maximum absolute atomic E-state index is 13.8. The van der Waals surface area contributed by atoms with Gasteiger partial charge in [0.2, 0.25) is 0 Å². The molecule has 11 nitrogen and oxygen atoms in total. The number of ether oxygens (including phenoxy) is 6. The van der Waals surface area contributed by atoms with Gasteiger partial charge in [-0.15, -0.1) is 0 Å². The number of rotatable bonds is 7. The Balaban J connectivity index is 1.64. The number of carbonyl (C=O) groups excluding carboxylic acids is 5. The van der Waals surface area contributed by atoms with Gasteiger partial charge in [-0.25, -0.2) is 4.79 Å². The van der Waals surface area contributed by atoms with Crippen molar-refractivity contribution in [3.63, 3.8) is 0 Å². The first-order chi connectivity index (χ1) is 22.0. The van der Waals surface area contributed by atoms with Crippen LogP contribution in [0.2, 0.25) is 0 Å². The summed E-state index contributed by atoms with van der Waals surface area (Å²) in [6, 6.07) is 8.68. The molecule has 0 spiro atoms. The van der Waals surface area contributed by atoms with E-state index in [1.807, 2.05) is 19.9 Å². The van der Waals surface area contributed by atoms with Crippen LogP contribution in [0.15, 0.2) is 30.3 Å². The van der Waals surface area contributed by atoms with Crippen LogP contribution in [0, 0.1) is 40.4 Å². The lowest BCUT2D eigenvalue weighted by Gasteiger charge is -2.50. The van der Waals surface area contributed by atoms with Crippen LogP contribution in [-0.2, 0) is 47.6 Å². The van der Waals surface area contributed by atoms with Crippen LogP contribution in [0.4, 0.5) is 0 Å². The second-order valence-electron chi connectivity index (χ2n) is 15.1. The molecule has 11 heteroatoms. The van der Waals surface area contributed by atoms with Crippen LogP contribution in [-0.4, -0.2) is 72.1 Å². The first-order valence-corrected chi connectivity index (χ1v) is 16.7. The van der Waals surface area contributed by atoms with E-state index in [1.165, 1.54) is 20.8 Å². The van der Waals surface area contributed by atoms with Crippen molar-refractivity contribution in [1.82, 2.24) is 0 Å². The Kier molecular flexibility index (Phi) is 8.05. The summed E-state index contributed by atoms with van der Waals surface area (Å²) in [5.74, 6) is -4.59. The van der Waals surface area contributed by atoms with Gasteiger partial charge in [0.25, 0.3) is 0 Å². The van der Waals surface area contributed by atoms with Crippen LogP contribution in [0.3, 0.4) is 0 Å². The molecule has 0 amide bonds. The maximum atomic E-state index is 13.8. The molecule has 0 aromatic heterocycles. The average Bonchev–Trinajstić information content (AvgIpc) is 3.24. The van der Waals surface area contributed by atoms with E-state index in [0.717, 1.165) is 0 Å². The Morgan fingerprint density at radius 3 is 2.13 bits per heavy atom. The van der Waals surface area contributed by atoms with Gasteiger partial charge in [0.1, 0.15) is 23.9 Å². The summed E-state index contributed by atoms with van der Waals surface area (Å²) in [6.45, 7) is 13.6. The summed E-state index contributed by atoms with van der Waals surface area (Å²) in [5, 5.41) is 0. The molecule has 6 rings (SSSR count). The molecule has 2 bridgehead atoms. The fourth-order valence-electron chi connectivity index (χ4n) is 10.5.